The summed E-state index contributed by atoms with van der Waals surface area (Å²) < 4.78 is 0. The van der Waals surface area contributed by atoms with Crippen LogP contribution in [-0.4, -0.2) is 0 Å². The third kappa shape index (κ3) is 6.92. The molecule has 0 N–H and O–H groups in total. The second-order valence-corrected chi connectivity index (χ2v) is 3.66. The molecule has 1 aromatic carbocycles. The van der Waals surface area contributed by atoms with E-state index in [2.05, 4.69) is 12.2 Å². The van der Waals surface area contributed by atoms with Crippen LogP contribution in [0.15, 0.2) is 60.7 Å². The standard InChI is InChI=1S/C11H9N.C5H8/c12-10-6-2-5-9-11-7-3-1-4-8-11;1-2-4-5-3-1/h1-9H;1-2H,3-5H2. The number of nitrogens with zero attached hydrogens (tertiary/aromatic N) is 1. The lowest BCUT2D eigenvalue weighted by Gasteiger charge is -1.87. The molecule has 0 radical (unpaired) electrons. The summed E-state index contributed by atoms with van der Waals surface area (Å²) in [6.07, 6.45) is 15.5. The fourth-order valence-electron chi connectivity index (χ4n) is 1.42. The van der Waals surface area contributed by atoms with Crippen LogP contribution in [0.5, 0.6) is 0 Å². The first kappa shape index (κ1) is 13.0. The van der Waals surface area contributed by atoms with Gasteiger partial charge in [0, 0.05) is 6.08 Å². The van der Waals surface area contributed by atoms with Gasteiger partial charge in [0.2, 0.25) is 0 Å². The molecule has 1 aromatic rings. The van der Waals surface area contributed by atoms with Gasteiger partial charge < -0.3 is 0 Å². The highest BCUT2D eigenvalue weighted by atomic mass is 14.2. The normalized spacial score (nSPS) is 13.6. The summed E-state index contributed by atoms with van der Waals surface area (Å²) in [6.45, 7) is 0. The van der Waals surface area contributed by atoms with E-state index in [4.69, 9.17) is 5.26 Å². The van der Waals surface area contributed by atoms with Gasteiger partial charge in [0.05, 0.1) is 6.07 Å². The Bertz CT molecular complexity index is 413. The van der Waals surface area contributed by atoms with Crippen molar-refractivity contribution in [3.05, 3.63) is 66.3 Å². The van der Waals surface area contributed by atoms with Crippen molar-refractivity contribution in [3.8, 4) is 6.07 Å². The fourth-order valence-corrected chi connectivity index (χ4v) is 1.42. The Hall–Kier alpha value is -2.07. The molecule has 0 unspecified atom stereocenters. The molecular formula is C16H17N. The largest absolute Gasteiger partial charge is 0.193 e. The molecule has 0 aromatic heterocycles. The van der Waals surface area contributed by atoms with Crippen molar-refractivity contribution >= 4 is 6.08 Å². The molecule has 0 aliphatic heterocycles. The van der Waals surface area contributed by atoms with E-state index in [1.165, 1.54) is 25.3 Å². The molecule has 0 saturated heterocycles. The van der Waals surface area contributed by atoms with Gasteiger partial charge in [-0.3, -0.25) is 0 Å². The maximum atomic E-state index is 8.19. The molecule has 0 saturated carbocycles. The van der Waals surface area contributed by atoms with Crippen LogP contribution in [0.4, 0.5) is 0 Å². The van der Waals surface area contributed by atoms with Gasteiger partial charge in [0.1, 0.15) is 0 Å². The van der Waals surface area contributed by atoms with E-state index in [1.807, 2.05) is 48.6 Å². The number of nitriles is 1. The monoisotopic (exact) mass is 223 g/mol. The summed E-state index contributed by atoms with van der Waals surface area (Å²) in [5.41, 5.74) is 1.14. The molecule has 17 heavy (non-hydrogen) atoms. The van der Waals surface area contributed by atoms with E-state index < -0.39 is 0 Å². The van der Waals surface area contributed by atoms with Gasteiger partial charge in [-0.2, -0.15) is 5.26 Å². The van der Waals surface area contributed by atoms with Crippen LogP contribution in [0.1, 0.15) is 24.8 Å². The molecule has 0 fully saturated rings. The summed E-state index contributed by atoms with van der Waals surface area (Å²) in [5, 5.41) is 8.19. The minimum Gasteiger partial charge on any atom is -0.193 e. The first-order valence-electron chi connectivity index (χ1n) is 5.86. The van der Waals surface area contributed by atoms with Gasteiger partial charge >= 0.3 is 0 Å². The van der Waals surface area contributed by atoms with Gasteiger partial charge in [0.15, 0.2) is 0 Å². The topological polar surface area (TPSA) is 23.8 Å². The Kier molecular flexibility index (Phi) is 7.02. The molecule has 1 nitrogen and oxygen atoms in total. The highest BCUT2D eigenvalue weighted by Gasteiger charge is 1.84. The second-order valence-electron chi connectivity index (χ2n) is 3.66. The van der Waals surface area contributed by atoms with Crippen LogP contribution in [0, 0.1) is 11.3 Å². The van der Waals surface area contributed by atoms with E-state index in [1.54, 1.807) is 6.08 Å². The fraction of sp³-hybridized carbons (Fsp3) is 0.188. The number of rotatable bonds is 2. The van der Waals surface area contributed by atoms with Gasteiger partial charge in [-0.1, -0.05) is 60.7 Å². The first-order chi connectivity index (χ1) is 8.43. The molecule has 0 bridgehead atoms. The Labute approximate surface area is 103 Å². The van der Waals surface area contributed by atoms with E-state index in [0.29, 0.717) is 0 Å². The zero-order chi connectivity index (χ0) is 12.2. The average Bonchev–Trinajstić information content (AvgIpc) is 2.95. The first-order valence-corrected chi connectivity index (χ1v) is 5.86. The molecule has 86 valence electrons. The van der Waals surface area contributed by atoms with Gasteiger partial charge in [-0.05, 0) is 24.8 Å². The van der Waals surface area contributed by atoms with Crippen molar-refractivity contribution in [1.82, 2.24) is 0 Å². The van der Waals surface area contributed by atoms with E-state index >= 15 is 0 Å². The van der Waals surface area contributed by atoms with Crippen LogP contribution in [0.3, 0.4) is 0 Å². The lowest BCUT2D eigenvalue weighted by atomic mass is 10.2. The third-order valence-electron chi connectivity index (χ3n) is 2.28. The van der Waals surface area contributed by atoms with E-state index in [0.717, 1.165) is 5.56 Å². The van der Waals surface area contributed by atoms with Crippen molar-refractivity contribution < 1.29 is 0 Å². The SMILES string of the molecule is C1=CCCC1.N#CC=CC=Cc1ccccc1. The summed E-state index contributed by atoms with van der Waals surface area (Å²) in [5.74, 6) is 0. The molecular weight excluding hydrogens is 206 g/mol. The molecule has 0 amide bonds. The minimum absolute atomic E-state index is 1.14. The maximum Gasteiger partial charge on any atom is 0.0912 e. The Balaban J connectivity index is 0.000000239. The Morgan fingerprint density at radius 1 is 1.00 bits per heavy atom. The molecule has 0 heterocycles. The molecule has 0 spiro atoms. The van der Waals surface area contributed by atoms with Gasteiger partial charge in [-0.25, -0.2) is 0 Å². The molecule has 0 atom stereocenters. The summed E-state index contributed by atoms with van der Waals surface area (Å²) in [4.78, 5) is 0. The van der Waals surface area contributed by atoms with Crippen LogP contribution in [-0.2, 0) is 0 Å². The highest BCUT2D eigenvalue weighted by molar-refractivity contribution is 5.50. The van der Waals surface area contributed by atoms with Crippen molar-refractivity contribution in [2.45, 2.75) is 19.3 Å². The Morgan fingerprint density at radius 2 is 1.71 bits per heavy atom. The third-order valence-corrected chi connectivity index (χ3v) is 2.28. The minimum atomic E-state index is 1.14. The zero-order valence-electron chi connectivity index (χ0n) is 9.92. The predicted octanol–water partition coefficient (Wildman–Crippen LogP) is 4.51. The van der Waals surface area contributed by atoms with Crippen molar-refractivity contribution in [2.24, 2.45) is 0 Å². The van der Waals surface area contributed by atoms with Gasteiger partial charge in [-0.15, -0.1) is 0 Å². The van der Waals surface area contributed by atoms with Crippen molar-refractivity contribution in [1.29, 1.82) is 5.26 Å². The smallest absolute Gasteiger partial charge is 0.0912 e. The van der Waals surface area contributed by atoms with Crippen molar-refractivity contribution in [2.75, 3.05) is 0 Å². The number of hydrogen-bond acceptors (Lipinski definition) is 1. The zero-order valence-corrected chi connectivity index (χ0v) is 9.92. The molecule has 1 aliphatic rings. The average molecular weight is 223 g/mol. The van der Waals surface area contributed by atoms with Crippen LogP contribution < -0.4 is 0 Å². The van der Waals surface area contributed by atoms with Crippen molar-refractivity contribution in [3.63, 3.8) is 0 Å². The summed E-state index contributed by atoms with van der Waals surface area (Å²) in [6, 6.07) is 11.9. The number of benzene rings is 1. The van der Waals surface area contributed by atoms with E-state index in [9.17, 15) is 0 Å². The van der Waals surface area contributed by atoms with Crippen LogP contribution in [0.2, 0.25) is 0 Å². The molecule has 1 heteroatoms. The van der Waals surface area contributed by atoms with Crippen LogP contribution in [0.25, 0.3) is 6.08 Å². The predicted molar refractivity (Wildman–Crippen MR) is 73.2 cm³/mol. The molecule has 2 rings (SSSR count). The molecule has 1 aliphatic carbocycles. The second kappa shape index (κ2) is 9.18. The lowest BCUT2D eigenvalue weighted by Crippen LogP contribution is -1.66. The maximum absolute atomic E-state index is 8.19. The van der Waals surface area contributed by atoms with E-state index in [-0.39, 0.29) is 0 Å². The summed E-state index contributed by atoms with van der Waals surface area (Å²) >= 11 is 0. The lowest BCUT2D eigenvalue weighted by molar-refractivity contribution is 0.929. The Morgan fingerprint density at radius 3 is 2.24 bits per heavy atom. The highest BCUT2D eigenvalue weighted by Crippen LogP contribution is 2.05. The number of allylic oxidation sites excluding steroid dienone is 5. The van der Waals surface area contributed by atoms with Crippen LogP contribution >= 0.6 is 0 Å². The van der Waals surface area contributed by atoms with Gasteiger partial charge in [0.25, 0.3) is 0 Å². The quantitative estimate of drug-likeness (QED) is 0.411. The number of hydrogen-bond donors (Lipinski definition) is 0. The summed E-state index contributed by atoms with van der Waals surface area (Å²) in [7, 11) is 0.